The smallest absolute Gasteiger partial charge is 0.293 e. The number of hydrogen-bond donors (Lipinski definition) is 2. The second-order valence-corrected chi connectivity index (χ2v) is 5.40. The van der Waals surface area contributed by atoms with Crippen molar-refractivity contribution in [1.82, 2.24) is 15.2 Å². The van der Waals surface area contributed by atoms with Gasteiger partial charge < -0.3 is 5.11 Å². The SMILES string of the molecule is C=CCc1cccc(/C=N\NC(=O)c2nn(C)cc2Br)c1O. The molecule has 0 aliphatic heterocycles. The summed E-state index contributed by atoms with van der Waals surface area (Å²) in [5, 5.41) is 17.9. The van der Waals surface area contributed by atoms with E-state index in [4.69, 9.17) is 0 Å². The van der Waals surface area contributed by atoms with Crippen LogP contribution in [0, 0.1) is 0 Å². The molecule has 0 atom stereocenters. The van der Waals surface area contributed by atoms with E-state index < -0.39 is 5.91 Å². The summed E-state index contributed by atoms with van der Waals surface area (Å²) < 4.78 is 2.10. The van der Waals surface area contributed by atoms with Gasteiger partial charge in [0, 0.05) is 18.8 Å². The van der Waals surface area contributed by atoms with Gasteiger partial charge in [-0.1, -0.05) is 18.2 Å². The van der Waals surface area contributed by atoms with Crippen LogP contribution in [0.25, 0.3) is 0 Å². The Morgan fingerprint density at radius 2 is 2.36 bits per heavy atom. The maximum absolute atomic E-state index is 11.9. The van der Waals surface area contributed by atoms with Crippen LogP contribution < -0.4 is 5.43 Å². The van der Waals surface area contributed by atoms with Gasteiger partial charge in [-0.2, -0.15) is 10.2 Å². The van der Waals surface area contributed by atoms with Crippen molar-refractivity contribution in [2.24, 2.45) is 12.1 Å². The predicted molar refractivity (Wildman–Crippen MR) is 88.0 cm³/mol. The van der Waals surface area contributed by atoms with E-state index in [1.807, 2.05) is 0 Å². The van der Waals surface area contributed by atoms with Crippen LogP contribution in [0.1, 0.15) is 21.6 Å². The molecule has 1 heterocycles. The van der Waals surface area contributed by atoms with Crippen LogP contribution in [0.5, 0.6) is 5.75 Å². The largest absolute Gasteiger partial charge is 0.507 e. The molecule has 1 amide bonds. The Kier molecular flexibility index (Phi) is 5.11. The molecule has 22 heavy (non-hydrogen) atoms. The summed E-state index contributed by atoms with van der Waals surface area (Å²) in [6, 6.07) is 5.31. The lowest BCUT2D eigenvalue weighted by molar-refractivity contribution is 0.0948. The van der Waals surface area contributed by atoms with Crippen molar-refractivity contribution >= 4 is 28.1 Å². The summed E-state index contributed by atoms with van der Waals surface area (Å²) in [7, 11) is 1.72. The number of para-hydroxylation sites is 1. The number of hydrazone groups is 1. The number of nitrogens with zero attached hydrogens (tertiary/aromatic N) is 3. The van der Waals surface area contributed by atoms with Crippen molar-refractivity contribution in [3.63, 3.8) is 0 Å². The Hall–Kier alpha value is -2.41. The molecule has 0 saturated heterocycles. The summed E-state index contributed by atoms with van der Waals surface area (Å²) in [6.07, 6.45) is 5.32. The number of amides is 1. The van der Waals surface area contributed by atoms with Crippen LogP contribution in [-0.2, 0) is 13.5 Å². The summed E-state index contributed by atoms with van der Waals surface area (Å²) in [5.74, 6) is -0.315. The van der Waals surface area contributed by atoms with E-state index in [0.717, 1.165) is 5.56 Å². The fraction of sp³-hybridized carbons (Fsp3) is 0.133. The molecule has 0 bridgehead atoms. The van der Waals surface area contributed by atoms with Crippen LogP contribution in [0.4, 0.5) is 0 Å². The van der Waals surface area contributed by atoms with E-state index in [0.29, 0.717) is 16.5 Å². The Morgan fingerprint density at radius 1 is 1.59 bits per heavy atom. The van der Waals surface area contributed by atoms with Gasteiger partial charge in [-0.05, 0) is 34.0 Å². The van der Waals surface area contributed by atoms with Crippen molar-refractivity contribution in [1.29, 1.82) is 0 Å². The van der Waals surface area contributed by atoms with Gasteiger partial charge in [-0.15, -0.1) is 6.58 Å². The fourth-order valence-corrected chi connectivity index (χ4v) is 2.42. The number of carbonyl (C=O) groups is 1. The zero-order valence-electron chi connectivity index (χ0n) is 12.0. The van der Waals surface area contributed by atoms with E-state index in [-0.39, 0.29) is 11.4 Å². The molecule has 7 heteroatoms. The molecular weight excluding hydrogens is 348 g/mol. The molecule has 0 radical (unpaired) electrons. The van der Waals surface area contributed by atoms with Crippen molar-refractivity contribution in [2.75, 3.05) is 0 Å². The first kappa shape index (κ1) is 16.0. The zero-order chi connectivity index (χ0) is 16.1. The lowest BCUT2D eigenvalue weighted by atomic mass is 10.1. The van der Waals surface area contributed by atoms with Gasteiger partial charge in [0.1, 0.15) is 5.75 Å². The van der Waals surface area contributed by atoms with Crippen molar-refractivity contribution in [2.45, 2.75) is 6.42 Å². The first-order valence-corrected chi connectivity index (χ1v) is 7.26. The Labute approximate surface area is 136 Å². The molecule has 2 N–H and O–H groups in total. The van der Waals surface area contributed by atoms with Gasteiger partial charge in [0.25, 0.3) is 5.91 Å². The summed E-state index contributed by atoms with van der Waals surface area (Å²) in [6.45, 7) is 3.64. The molecule has 0 aliphatic carbocycles. The van der Waals surface area contributed by atoms with E-state index >= 15 is 0 Å². The highest BCUT2D eigenvalue weighted by atomic mass is 79.9. The van der Waals surface area contributed by atoms with Gasteiger partial charge >= 0.3 is 0 Å². The van der Waals surface area contributed by atoms with Crippen LogP contribution in [0.2, 0.25) is 0 Å². The predicted octanol–water partition coefficient (Wildman–Crippen LogP) is 2.38. The number of allylic oxidation sites excluding steroid dienone is 1. The van der Waals surface area contributed by atoms with E-state index in [2.05, 4.69) is 38.1 Å². The van der Waals surface area contributed by atoms with Crippen molar-refractivity contribution < 1.29 is 9.90 Å². The minimum Gasteiger partial charge on any atom is -0.507 e. The third-order valence-electron chi connectivity index (χ3n) is 2.88. The number of benzene rings is 1. The third kappa shape index (κ3) is 3.62. The number of rotatable bonds is 5. The standard InChI is InChI=1S/C15H15BrN4O2/c1-3-5-10-6-4-7-11(14(10)21)8-17-18-15(22)13-12(16)9-20(2)19-13/h3-4,6-9,21H,1,5H2,2H3,(H,18,22)/b17-8-. The number of hydrogen-bond acceptors (Lipinski definition) is 4. The van der Waals surface area contributed by atoms with E-state index in [1.54, 1.807) is 37.5 Å². The van der Waals surface area contributed by atoms with Gasteiger partial charge in [0.15, 0.2) is 5.69 Å². The minimum atomic E-state index is -0.439. The van der Waals surface area contributed by atoms with Crippen LogP contribution in [0.3, 0.4) is 0 Å². The van der Waals surface area contributed by atoms with Crippen LogP contribution in [0.15, 0.2) is 46.6 Å². The fourth-order valence-electron chi connectivity index (χ4n) is 1.86. The highest BCUT2D eigenvalue weighted by Crippen LogP contribution is 2.21. The highest BCUT2D eigenvalue weighted by Gasteiger charge is 2.13. The van der Waals surface area contributed by atoms with Gasteiger partial charge in [0.2, 0.25) is 0 Å². The average molecular weight is 363 g/mol. The zero-order valence-corrected chi connectivity index (χ0v) is 13.5. The first-order valence-electron chi connectivity index (χ1n) is 6.47. The molecule has 2 aromatic rings. The molecule has 2 rings (SSSR count). The molecule has 0 spiro atoms. The summed E-state index contributed by atoms with van der Waals surface area (Å²) >= 11 is 3.25. The summed E-state index contributed by atoms with van der Waals surface area (Å²) in [5.41, 5.74) is 3.88. The molecule has 1 aromatic heterocycles. The Morgan fingerprint density at radius 3 is 3.00 bits per heavy atom. The van der Waals surface area contributed by atoms with Crippen LogP contribution >= 0.6 is 15.9 Å². The molecule has 1 aromatic carbocycles. The molecular formula is C15H15BrN4O2. The highest BCUT2D eigenvalue weighted by molar-refractivity contribution is 9.10. The number of aryl methyl sites for hydroxylation is 1. The second-order valence-electron chi connectivity index (χ2n) is 4.55. The lowest BCUT2D eigenvalue weighted by Crippen LogP contribution is -2.19. The maximum Gasteiger partial charge on any atom is 0.293 e. The number of halogens is 1. The molecule has 6 nitrogen and oxygen atoms in total. The monoisotopic (exact) mass is 362 g/mol. The molecule has 0 fully saturated rings. The van der Waals surface area contributed by atoms with E-state index in [1.165, 1.54) is 10.9 Å². The third-order valence-corrected chi connectivity index (χ3v) is 3.46. The number of carbonyl (C=O) groups excluding carboxylic acids is 1. The number of aromatic hydroxyl groups is 1. The normalized spacial score (nSPS) is 10.8. The Balaban J connectivity index is 2.10. The summed E-state index contributed by atoms with van der Waals surface area (Å²) in [4.78, 5) is 11.9. The van der Waals surface area contributed by atoms with Gasteiger partial charge in [-0.3, -0.25) is 9.48 Å². The maximum atomic E-state index is 11.9. The number of nitrogens with one attached hydrogen (secondary N) is 1. The molecule has 0 unspecified atom stereocenters. The number of aromatic nitrogens is 2. The number of phenols is 1. The minimum absolute atomic E-state index is 0.124. The van der Waals surface area contributed by atoms with E-state index in [9.17, 15) is 9.90 Å². The van der Waals surface area contributed by atoms with Crippen molar-refractivity contribution in [3.05, 3.63) is 58.3 Å². The number of phenolic OH excluding ortho intramolecular Hbond substituents is 1. The molecule has 0 aliphatic rings. The average Bonchev–Trinajstić information content (AvgIpc) is 2.82. The lowest BCUT2D eigenvalue weighted by Gasteiger charge is -2.04. The van der Waals surface area contributed by atoms with Crippen LogP contribution in [-0.4, -0.2) is 27.0 Å². The second kappa shape index (κ2) is 7.04. The Bertz CT molecular complexity index is 737. The van der Waals surface area contributed by atoms with Gasteiger partial charge in [-0.25, -0.2) is 5.43 Å². The van der Waals surface area contributed by atoms with Gasteiger partial charge in [0.05, 0.1) is 10.7 Å². The first-order chi connectivity index (χ1) is 10.5. The molecule has 114 valence electrons. The topological polar surface area (TPSA) is 79.5 Å². The quantitative estimate of drug-likeness (QED) is 0.486. The van der Waals surface area contributed by atoms with Crippen molar-refractivity contribution in [3.8, 4) is 5.75 Å². The molecule has 0 saturated carbocycles.